The summed E-state index contributed by atoms with van der Waals surface area (Å²) in [6, 6.07) is 6.33. The monoisotopic (exact) mass is 280 g/mol. The quantitative estimate of drug-likeness (QED) is 0.779. The van der Waals surface area contributed by atoms with Gasteiger partial charge in [-0.3, -0.25) is 0 Å². The van der Waals surface area contributed by atoms with Crippen LogP contribution >= 0.6 is 15.9 Å². The summed E-state index contributed by atoms with van der Waals surface area (Å²) in [6.45, 7) is 4.07. The van der Waals surface area contributed by atoms with Crippen LogP contribution in [0.2, 0.25) is 0 Å². The highest BCUT2D eigenvalue weighted by Crippen LogP contribution is 2.32. The maximum Gasteiger partial charge on any atom is 0.0873 e. The summed E-state index contributed by atoms with van der Waals surface area (Å²) in [6.07, 6.45) is 4.51. The minimum Gasteiger partial charge on any atom is -0.385 e. The highest BCUT2D eigenvalue weighted by atomic mass is 79.9. The van der Waals surface area contributed by atoms with Crippen LogP contribution in [0.4, 0.5) is 0 Å². The number of aliphatic hydroxyl groups is 1. The van der Waals surface area contributed by atoms with Crippen LogP contribution < -0.4 is 0 Å². The van der Waals surface area contributed by atoms with Crippen molar-refractivity contribution in [3.8, 4) is 0 Å². The van der Waals surface area contributed by atoms with Crippen LogP contribution in [0.3, 0.4) is 0 Å². The van der Waals surface area contributed by atoms with Crippen molar-refractivity contribution in [2.45, 2.75) is 38.7 Å². The molecule has 1 aromatic carbocycles. The van der Waals surface area contributed by atoms with E-state index < -0.39 is 5.60 Å². The number of allylic oxidation sites excluding steroid dienone is 1. The third-order valence-corrected chi connectivity index (χ3v) is 3.54. The van der Waals surface area contributed by atoms with Crippen LogP contribution in [0.25, 0.3) is 0 Å². The standard InChI is InChI=1S/C14H17BrO/c1-10(2)8-14(16)6-5-11-7-13(15)4-3-12(11)9-14/h3-4,7-8,16H,5-6,9H2,1-2H3. The van der Waals surface area contributed by atoms with E-state index in [1.807, 2.05) is 26.0 Å². The third-order valence-electron chi connectivity index (χ3n) is 3.05. The van der Waals surface area contributed by atoms with Crippen molar-refractivity contribution in [1.82, 2.24) is 0 Å². The van der Waals surface area contributed by atoms with E-state index in [0.29, 0.717) is 0 Å². The van der Waals surface area contributed by atoms with E-state index in [1.165, 1.54) is 16.7 Å². The summed E-state index contributed by atoms with van der Waals surface area (Å²) in [4.78, 5) is 0. The van der Waals surface area contributed by atoms with Gasteiger partial charge >= 0.3 is 0 Å². The van der Waals surface area contributed by atoms with Crippen molar-refractivity contribution in [2.24, 2.45) is 0 Å². The van der Waals surface area contributed by atoms with Crippen molar-refractivity contribution in [3.63, 3.8) is 0 Å². The fourth-order valence-electron chi connectivity index (χ4n) is 2.43. The van der Waals surface area contributed by atoms with Crippen LogP contribution in [0.1, 0.15) is 31.4 Å². The zero-order valence-electron chi connectivity index (χ0n) is 9.76. The maximum absolute atomic E-state index is 10.5. The molecule has 1 aliphatic carbocycles. The Morgan fingerprint density at radius 3 is 2.81 bits per heavy atom. The van der Waals surface area contributed by atoms with E-state index in [2.05, 4.69) is 28.1 Å². The van der Waals surface area contributed by atoms with Gasteiger partial charge in [-0.05, 0) is 49.9 Å². The summed E-state index contributed by atoms with van der Waals surface area (Å²) in [5.74, 6) is 0. The Balaban J connectivity index is 2.30. The Bertz CT molecular complexity index is 432. The van der Waals surface area contributed by atoms with Crippen LogP contribution in [-0.4, -0.2) is 10.7 Å². The predicted octanol–water partition coefficient (Wildman–Crippen LogP) is 3.64. The molecule has 2 rings (SSSR count). The second-order valence-corrected chi connectivity index (χ2v) is 5.83. The van der Waals surface area contributed by atoms with E-state index >= 15 is 0 Å². The number of aryl methyl sites for hydroxylation is 1. The number of hydrogen-bond acceptors (Lipinski definition) is 1. The Hall–Kier alpha value is -0.600. The second-order valence-electron chi connectivity index (χ2n) is 4.92. The molecule has 1 atom stereocenters. The SMILES string of the molecule is CC(C)=CC1(O)CCc2cc(Br)ccc2C1. The van der Waals surface area contributed by atoms with Crippen LogP contribution in [0, 0.1) is 0 Å². The van der Waals surface area contributed by atoms with Gasteiger partial charge in [-0.2, -0.15) is 0 Å². The van der Waals surface area contributed by atoms with Gasteiger partial charge in [-0.1, -0.05) is 33.6 Å². The van der Waals surface area contributed by atoms with Gasteiger partial charge in [0.25, 0.3) is 0 Å². The molecule has 1 unspecified atom stereocenters. The predicted molar refractivity (Wildman–Crippen MR) is 70.5 cm³/mol. The molecule has 1 N–H and O–H groups in total. The minimum absolute atomic E-state index is 0.639. The number of benzene rings is 1. The molecule has 0 saturated heterocycles. The van der Waals surface area contributed by atoms with Gasteiger partial charge in [0.15, 0.2) is 0 Å². The van der Waals surface area contributed by atoms with Crippen molar-refractivity contribution in [2.75, 3.05) is 0 Å². The average Bonchev–Trinajstić information content (AvgIpc) is 2.17. The maximum atomic E-state index is 10.5. The molecule has 16 heavy (non-hydrogen) atoms. The third kappa shape index (κ3) is 2.55. The van der Waals surface area contributed by atoms with Gasteiger partial charge in [0, 0.05) is 10.9 Å². The Morgan fingerprint density at radius 1 is 1.38 bits per heavy atom. The lowest BCUT2D eigenvalue weighted by molar-refractivity contribution is 0.0753. The van der Waals surface area contributed by atoms with Gasteiger partial charge in [-0.15, -0.1) is 0 Å². The minimum atomic E-state index is -0.639. The van der Waals surface area contributed by atoms with E-state index in [-0.39, 0.29) is 0 Å². The van der Waals surface area contributed by atoms with Gasteiger partial charge in [0.05, 0.1) is 5.60 Å². The summed E-state index contributed by atoms with van der Waals surface area (Å²) >= 11 is 3.48. The molecule has 1 aromatic rings. The molecule has 0 amide bonds. The molecule has 0 radical (unpaired) electrons. The second kappa shape index (κ2) is 4.34. The molecule has 1 nitrogen and oxygen atoms in total. The lowest BCUT2D eigenvalue weighted by Gasteiger charge is -2.31. The zero-order valence-corrected chi connectivity index (χ0v) is 11.3. The Labute approximate surface area is 105 Å². The first kappa shape index (κ1) is 11.9. The lowest BCUT2D eigenvalue weighted by Crippen LogP contribution is -2.33. The number of hydrogen-bond donors (Lipinski definition) is 1. The van der Waals surface area contributed by atoms with E-state index in [0.717, 1.165) is 23.7 Å². The first-order chi connectivity index (χ1) is 7.48. The molecular weight excluding hydrogens is 264 g/mol. The molecule has 1 aliphatic rings. The lowest BCUT2D eigenvalue weighted by atomic mass is 9.80. The molecule has 0 aromatic heterocycles. The Morgan fingerprint density at radius 2 is 2.12 bits per heavy atom. The van der Waals surface area contributed by atoms with Gasteiger partial charge < -0.3 is 5.11 Å². The molecule has 0 bridgehead atoms. The smallest absolute Gasteiger partial charge is 0.0873 e. The van der Waals surface area contributed by atoms with Crippen molar-refractivity contribution < 1.29 is 5.11 Å². The first-order valence-electron chi connectivity index (χ1n) is 5.64. The van der Waals surface area contributed by atoms with E-state index in [1.54, 1.807) is 0 Å². The average molecular weight is 281 g/mol. The zero-order chi connectivity index (χ0) is 11.8. The normalized spacial score (nSPS) is 23.8. The largest absolute Gasteiger partial charge is 0.385 e. The van der Waals surface area contributed by atoms with Crippen molar-refractivity contribution in [3.05, 3.63) is 45.4 Å². The molecular formula is C14H17BrO. The van der Waals surface area contributed by atoms with Crippen LogP contribution in [0.15, 0.2) is 34.3 Å². The van der Waals surface area contributed by atoms with Crippen LogP contribution in [-0.2, 0) is 12.8 Å². The summed E-state index contributed by atoms with van der Waals surface area (Å²) in [7, 11) is 0. The fourth-order valence-corrected chi connectivity index (χ4v) is 2.84. The molecule has 0 aliphatic heterocycles. The molecule has 0 spiro atoms. The molecule has 0 fully saturated rings. The molecule has 0 saturated carbocycles. The number of fused-ring (bicyclic) bond motifs is 1. The van der Waals surface area contributed by atoms with Gasteiger partial charge in [-0.25, -0.2) is 0 Å². The Kier molecular flexibility index (Phi) is 3.22. The van der Waals surface area contributed by atoms with Gasteiger partial charge in [0.2, 0.25) is 0 Å². The fraction of sp³-hybridized carbons (Fsp3) is 0.429. The van der Waals surface area contributed by atoms with Crippen LogP contribution in [0.5, 0.6) is 0 Å². The number of rotatable bonds is 1. The first-order valence-corrected chi connectivity index (χ1v) is 6.44. The molecule has 86 valence electrons. The topological polar surface area (TPSA) is 20.2 Å². The van der Waals surface area contributed by atoms with Crippen molar-refractivity contribution >= 4 is 15.9 Å². The van der Waals surface area contributed by atoms with E-state index in [9.17, 15) is 5.11 Å². The van der Waals surface area contributed by atoms with Crippen molar-refractivity contribution in [1.29, 1.82) is 0 Å². The highest BCUT2D eigenvalue weighted by Gasteiger charge is 2.29. The summed E-state index contributed by atoms with van der Waals surface area (Å²) in [5, 5.41) is 10.5. The summed E-state index contributed by atoms with van der Waals surface area (Å²) in [5.41, 5.74) is 3.18. The highest BCUT2D eigenvalue weighted by molar-refractivity contribution is 9.10. The van der Waals surface area contributed by atoms with Gasteiger partial charge in [0.1, 0.15) is 0 Å². The molecule has 0 heterocycles. The summed E-state index contributed by atoms with van der Waals surface area (Å²) < 4.78 is 1.12. The number of halogens is 1. The molecule has 2 heteroatoms. The van der Waals surface area contributed by atoms with E-state index in [4.69, 9.17) is 0 Å².